The highest BCUT2D eigenvalue weighted by molar-refractivity contribution is 5.73. The molecule has 0 bridgehead atoms. The Kier molecular flexibility index (Phi) is 3.26. The Morgan fingerprint density at radius 2 is 2.06 bits per heavy atom. The molecule has 1 rings (SSSR count). The van der Waals surface area contributed by atoms with Crippen LogP contribution in [-0.2, 0) is 4.79 Å². The van der Waals surface area contributed by atoms with E-state index in [9.17, 15) is 18.0 Å². The first-order chi connectivity index (χ1) is 7.36. The lowest BCUT2D eigenvalue weighted by Crippen LogP contribution is -2.34. The number of hydrogen-bond acceptors (Lipinski definition) is 3. The number of rotatable bonds is 4. The molecule has 0 spiro atoms. The van der Waals surface area contributed by atoms with E-state index in [1.807, 2.05) is 0 Å². The molecular formula is C9H7F3O4. The van der Waals surface area contributed by atoms with Crippen LogP contribution in [0.5, 0.6) is 11.5 Å². The molecule has 0 heterocycles. The van der Waals surface area contributed by atoms with E-state index in [-0.39, 0.29) is 5.75 Å². The van der Waals surface area contributed by atoms with Gasteiger partial charge in [0.1, 0.15) is 5.75 Å². The molecule has 4 nitrogen and oxygen atoms in total. The topological polar surface area (TPSA) is 55.8 Å². The van der Waals surface area contributed by atoms with Crippen LogP contribution in [-0.4, -0.2) is 24.3 Å². The summed E-state index contributed by atoms with van der Waals surface area (Å²) in [6, 6.07) is 2.62. The van der Waals surface area contributed by atoms with Crippen molar-refractivity contribution in [2.45, 2.75) is 6.11 Å². The third-order valence-electron chi connectivity index (χ3n) is 1.62. The van der Waals surface area contributed by atoms with Gasteiger partial charge < -0.3 is 14.6 Å². The van der Waals surface area contributed by atoms with Crippen LogP contribution >= 0.6 is 0 Å². The Morgan fingerprint density at radius 3 is 2.50 bits per heavy atom. The van der Waals surface area contributed by atoms with Crippen LogP contribution in [0, 0.1) is 5.82 Å². The second-order valence-corrected chi connectivity index (χ2v) is 2.72. The maximum atomic E-state index is 13.0. The van der Waals surface area contributed by atoms with Gasteiger partial charge in [0.25, 0.3) is 0 Å². The standard InChI is InChI=1S/C9H7F3O4/c1-15-7-3-2-5(4-6(7)10)16-9(11,12)8(13)14/h2-4H,1H3,(H,13,14). The largest absolute Gasteiger partial charge is 0.501 e. The summed E-state index contributed by atoms with van der Waals surface area (Å²) in [5.74, 6) is -4.15. The minimum Gasteiger partial charge on any atom is -0.494 e. The predicted molar refractivity (Wildman–Crippen MR) is 46.2 cm³/mol. The third kappa shape index (κ3) is 2.56. The minimum atomic E-state index is -4.40. The van der Waals surface area contributed by atoms with Crippen molar-refractivity contribution in [1.82, 2.24) is 0 Å². The van der Waals surface area contributed by atoms with E-state index in [1.165, 1.54) is 7.11 Å². The number of carboxylic acid groups (broad SMARTS) is 1. The van der Waals surface area contributed by atoms with Gasteiger partial charge in [-0.1, -0.05) is 0 Å². The lowest BCUT2D eigenvalue weighted by molar-refractivity contribution is -0.210. The highest BCUT2D eigenvalue weighted by atomic mass is 19.3. The number of carbonyl (C=O) groups is 1. The molecule has 1 aromatic carbocycles. The highest BCUT2D eigenvalue weighted by Gasteiger charge is 2.42. The van der Waals surface area contributed by atoms with Crippen LogP contribution in [0.2, 0.25) is 0 Å². The molecule has 0 unspecified atom stereocenters. The van der Waals surface area contributed by atoms with Crippen LogP contribution < -0.4 is 9.47 Å². The van der Waals surface area contributed by atoms with Crippen LogP contribution in [0.25, 0.3) is 0 Å². The monoisotopic (exact) mass is 236 g/mol. The fourth-order valence-corrected chi connectivity index (χ4v) is 0.902. The van der Waals surface area contributed by atoms with Gasteiger partial charge >= 0.3 is 12.1 Å². The molecule has 0 saturated carbocycles. The normalized spacial score (nSPS) is 11.0. The van der Waals surface area contributed by atoms with E-state index < -0.39 is 23.6 Å². The quantitative estimate of drug-likeness (QED) is 0.867. The zero-order chi connectivity index (χ0) is 12.3. The van der Waals surface area contributed by atoms with Gasteiger partial charge in [-0.15, -0.1) is 0 Å². The number of ether oxygens (including phenoxy) is 2. The Hall–Kier alpha value is -1.92. The van der Waals surface area contributed by atoms with Gasteiger partial charge in [-0.05, 0) is 12.1 Å². The summed E-state index contributed by atoms with van der Waals surface area (Å²) < 4.78 is 46.5. The number of aliphatic carboxylic acids is 1. The van der Waals surface area contributed by atoms with Crippen molar-refractivity contribution in [2.75, 3.05) is 7.11 Å². The lowest BCUT2D eigenvalue weighted by Gasteiger charge is -2.13. The third-order valence-corrected chi connectivity index (χ3v) is 1.62. The van der Waals surface area contributed by atoms with Crippen molar-refractivity contribution in [3.63, 3.8) is 0 Å². The van der Waals surface area contributed by atoms with Gasteiger partial charge in [0, 0.05) is 6.07 Å². The fraction of sp³-hybridized carbons (Fsp3) is 0.222. The number of halogens is 3. The van der Waals surface area contributed by atoms with E-state index >= 15 is 0 Å². The van der Waals surface area contributed by atoms with Gasteiger partial charge in [-0.25, -0.2) is 9.18 Å². The van der Waals surface area contributed by atoms with Gasteiger partial charge in [-0.3, -0.25) is 0 Å². The van der Waals surface area contributed by atoms with E-state index in [1.54, 1.807) is 0 Å². The molecule has 0 aromatic heterocycles. The summed E-state index contributed by atoms with van der Waals surface area (Å²) in [5, 5.41) is 8.08. The first-order valence-corrected chi connectivity index (χ1v) is 4.00. The van der Waals surface area contributed by atoms with Gasteiger partial charge in [0.05, 0.1) is 7.11 Å². The number of benzene rings is 1. The maximum Gasteiger partial charge on any atom is 0.501 e. The molecule has 7 heteroatoms. The molecular weight excluding hydrogens is 229 g/mol. The summed E-state index contributed by atoms with van der Waals surface area (Å²) in [4.78, 5) is 10.0. The number of methoxy groups -OCH3 is 1. The fourth-order valence-electron chi connectivity index (χ4n) is 0.902. The smallest absolute Gasteiger partial charge is 0.494 e. The summed E-state index contributed by atoms with van der Waals surface area (Å²) in [5.41, 5.74) is 0. The van der Waals surface area contributed by atoms with Gasteiger partial charge in [-0.2, -0.15) is 8.78 Å². The Morgan fingerprint density at radius 1 is 1.44 bits per heavy atom. The van der Waals surface area contributed by atoms with Gasteiger partial charge in [0.2, 0.25) is 0 Å². The van der Waals surface area contributed by atoms with Crippen LogP contribution in [0.4, 0.5) is 13.2 Å². The molecule has 0 amide bonds. The molecule has 0 aliphatic rings. The number of hydrogen-bond donors (Lipinski definition) is 1. The zero-order valence-corrected chi connectivity index (χ0v) is 8.04. The van der Waals surface area contributed by atoms with Crippen molar-refractivity contribution in [2.24, 2.45) is 0 Å². The lowest BCUT2D eigenvalue weighted by atomic mass is 10.3. The predicted octanol–water partition coefficient (Wildman–Crippen LogP) is 1.89. The molecule has 0 aliphatic heterocycles. The number of alkyl halides is 2. The first-order valence-electron chi connectivity index (χ1n) is 4.00. The molecule has 88 valence electrons. The summed E-state index contributed by atoms with van der Waals surface area (Å²) in [6.45, 7) is 0. The van der Waals surface area contributed by atoms with Crippen molar-refractivity contribution < 1.29 is 32.5 Å². The van der Waals surface area contributed by atoms with Crippen molar-refractivity contribution in [3.05, 3.63) is 24.0 Å². The summed E-state index contributed by atoms with van der Waals surface area (Å²) in [6.07, 6.45) is -4.40. The average molecular weight is 236 g/mol. The molecule has 0 atom stereocenters. The van der Waals surface area contributed by atoms with Gasteiger partial charge in [0.15, 0.2) is 11.6 Å². The Bertz CT molecular complexity index is 406. The molecule has 0 radical (unpaired) electrons. The molecule has 1 aromatic rings. The second kappa shape index (κ2) is 4.30. The SMILES string of the molecule is COc1ccc(OC(F)(F)C(=O)O)cc1F. The Labute approximate surface area is 88.2 Å². The zero-order valence-electron chi connectivity index (χ0n) is 8.04. The van der Waals surface area contributed by atoms with E-state index in [0.717, 1.165) is 12.1 Å². The van der Waals surface area contributed by atoms with E-state index in [4.69, 9.17) is 5.11 Å². The Balaban J connectivity index is 2.91. The van der Waals surface area contributed by atoms with E-state index in [0.29, 0.717) is 6.07 Å². The average Bonchev–Trinajstić information content (AvgIpc) is 2.17. The van der Waals surface area contributed by atoms with E-state index in [2.05, 4.69) is 9.47 Å². The van der Waals surface area contributed by atoms with Crippen LogP contribution in [0.1, 0.15) is 0 Å². The van der Waals surface area contributed by atoms with Crippen molar-refractivity contribution in [1.29, 1.82) is 0 Å². The van der Waals surface area contributed by atoms with Crippen LogP contribution in [0.3, 0.4) is 0 Å². The van der Waals surface area contributed by atoms with Crippen LogP contribution in [0.15, 0.2) is 18.2 Å². The first kappa shape index (κ1) is 12.2. The molecule has 16 heavy (non-hydrogen) atoms. The van der Waals surface area contributed by atoms with Crippen molar-refractivity contribution >= 4 is 5.97 Å². The highest BCUT2D eigenvalue weighted by Crippen LogP contribution is 2.26. The molecule has 0 fully saturated rings. The summed E-state index contributed by atoms with van der Waals surface area (Å²) in [7, 11) is 1.20. The molecule has 0 aliphatic carbocycles. The van der Waals surface area contributed by atoms with Crippen molar-refractivity contribution in [3.8, 4) is 11.5 Å². The molecule has 1 N–H and O–H groups in total. The number of carboxylic acids is 1. The minimum absolute atomic E-state index is 0.161. The maximum absolute atomic E-state index is 13.0. The second-order valence-electron chi connectivity index (χ2n) is 2.72. The summed E-state index contributed by atoms with van der Waals surface area (Å²) >= 11 is 0. The molecule has 0 saturated heterocycles.